The van der Waals surface area contributed by atoms with Crippen LogP contribution in [0.5, 0.6) is 5.75 Å². The average Bonchev–Trinajstić information content (AvgIpc) is 2.74. The number of amides is 1. The number of hydrogen-bond donors (Lipinski definition) is 1. The molecule has 0 aliphatic carbocycles. The third kappa shape index (κ3) is 5.97. The molecular weight excluding hydrogens is 394 g/mol. The van der Waals surface area contributed by atoms with Gasteiger partial charge in [0.2, 0.25) is 5.91 Å². The number of rotatable bonds is 9. The second-order valence-electron chi connectivity index (χ2n) is 8.61. The van der Waals surface area contributed by atoms with Crippen molar-refractivity contribution in [3.05, 3.63) is 42.0 Å². The van der Waals surface area contributed by atoms with Crippen LogP contribution < -0.4 is 4.74 Å². The predicted octanol–water partition coefficient (Wildman–Crippen LogP) is 4.14. The second-order valence-corrected chi connectivity index (χ2v) is 8.61. The van der Waals surface area contributed by atoms with Gasteiger partial charge in [-0.15, -0.1) is 0 Å². The molecule has 1 amide bonds. The molecule has 0 saturated heterocycles. The van der Waals surface area contributed by atoms with E-state index in [4.69, 9.17) is 9.47 Å². The zero-order valence-corrected chi connectivity index (χ0v) is 19.6. The summed E-state index contributed by atoms with van der Waals surface area (Å²) < 4.78 is 10.6. The van der Waals surface area contributed by atoms with Gasteiger partial charge in [0.05, 0.1) is 25.0 Å². The topological polar surface area (TPSA) is 76.1 Å². The Bertz CT molecular complexity index is 900. The summed E-state index contributed by atoms with van der Waals surface area (Å²) in [7, 11) is 1.62. The van der Waals surface area contributed by atoms with Gasteiger partial charge in [-0.3, -0.25) is 9.59 Å². The number of carbonyl (C=O) groups is 2. The summed E-state index contributed by atoms with van der Waals surface area (Å²) in [4.78, 5) is 27.1. The summed E-state index contributed by atoms with van der Waals surface area (Å²) in [5.74, 6) is -0.961. The van der Waals surface area contributed by atoms with Crippen LogP contribution in [0.25, 0.3) is 10.8 Å². The normalized spacial score (nSPS) is 14.4. The lowest BCUT2D eigenvalue weighted by Crippen LogP contribution is -2.48. The first kappa shape index (κ1) is 24.7. The molecule has 0 aliphatic rings. The average molecular weight is 430 g/mol. The Hall–Kier alpha value is -2.60. The van der Waals surface area contributed by atoms with Gasteiger partial charge in [0.15, 0.2) is 0 Å². The molecule has 0 aromatic heterocycles. The smallest absolute Gasteiger partial charge is 0.313 e. The molecule has 0 bridgehead atoms. The lowest BCUT2D eigenvalue weighted by atomic mass is 9.97. The number of esters is 1. The van der Waals surface area contributed by atoms with Gasteiger partial charge >= 0.3 is 5.97 Å². The summed E-state index contributed by atoms with van der Waals surface area (Å²) in [5, 5.41) is 12.5. The van der Waals surface area contributed by atoms with Crippen molar-refractivity contribution in [2.75, 3.05) is 13.7 Å². The van der Waals surface area contributed by atoms with Crippen LogP contribution in [-0.4, -0.2) is 53.8 Å². The molecule has 170 valence electrons. The van der Waals surface area contributed by atoms with Gasteiger partial charge in [-0.1, -0.05) is 31.2 Å². The molecule has 0 aliphatic heterocycles. The summed E-state index contributed by atoms with van der Waals surface area (Å²) in [5.41, 5.74) is 0.826. The van der Waals surface area contributed by atoms with Crippen molar-refractivity contribution in [2.45, 2.75) is 65.6 Å². The number of aliphatic hydroxyl groups is 1. The third-order valence-corrected chi connectivity index (χ3v) is 5.66. The van der Waals surface area contributed by atoms with Crippen LogP contribution in [0, 0.1) is 5.92 Å². The van der Waals surface area contributed by atoms with Crippen LogP contribution in [0.1, 0.15) is 53.0 Å². The molecular formula is C25H35NO5. The Morgan fingerprint density at radius 1 is 0.935 bits per heavy atom. The summed E-state index contributed by atoms with van der Waals surface area (Å²) >= 11 is 0. The molecule has 0 radical (unpaired) electrons. The Morgan fingerprint density at radius 3 is 2.10 bits per heavy atom. The van der Waals surface area contributed by atoms with Crippen molar-refractivity contribution < 1.29 is 24.2 Å². The van der Waals surface area contributed by atoms with Crippen molar-refractivity contribution >= 4 is 22.6 Å². The Kier molecular flexibility index (Phi) is 8.45. The van der Waals surface area contributed by atoms with Crippen LogP contribution in [0.2, 0.25) is 0 Å². The maximum Gasteiger partial charge on any atom is 0.313 e. The first-order chi connectivity index (χ1) is 14.6. The van der Waals surface area contributed by atoms with Crippen LogP contribution >= 0.6 is 0 Å². The van der Waals surface area contributed by atoms with Gasteiger partial charge in [-0.25, -0.2) is 0 Å². The van der Waals surface area contributed by atoms with Gasteiger partial charge in [-0.05, 0) is 63.1 Å². The van der Waals surface area contributed by atoms with Crippen molar-refractivity contribution in [3.63, 3.8) is 0 Å². The fraction of sp³-hybridized carbons (Fsp3) is 0.520. The van der Waals surface area contributed by atoms with Gasteiger partial charge in [0.1, 0.15) is 12.4 Å². The molecule has 0 heterocycles. The van der Waals surface area contributed by atoms with Crippen molar-refractivity contribution in [1.29, 1.82) is 0 Å². The maximum absolute atomic E-state index is 12.8. The lowest BCUT2D eigenvalue weighted by molar-refractivity contribution is -0.153. The maximum atomic E-state index is 12.8. The van der Waals surface area contributed by atoms with Gasteiger partial charge < -0.3 is 19.5 Å². The standard InChI is InChI=1S/C25H35NO5/c1-15(2)26(16(3)4)24(28)18(6)23(27)14-31-25(29)17(5)19-8-9-21-13-22(30-7)11-10-20(21)12-19/h8-13,15-18,23,27H,14H2,1-7H3/t17-,18+,23+/m0/s1. The van der Waals surface area contributed by atoms with Crippen molar-refractivity contribution in [2.24, 2.45) is 5.92 Å². The van der Waals surface area contributed by atoms with E-state index in [1.54, 1.807) is 25.9 Å². The van der Waals surface area contributed by atoms with Crippen LogP contribution in [0.3, 0.4) is 0 Å². The highest BCUT2D eigenvalue weighted by Gasteiger charge is 2.31. The number of ether oxygens (including phenoxy) is 2. The van der Waals surface area contributed by atoms with E-state index in [1.807, 2.05) is 64.1 Å². The Morgan fingerprint density at radius 2 is 1.52 bits per heavy atom. The third-order valence-electron chi connectivity index (χ3n) is 5.66. The zero-order valence-electron chi connectivity index (χ0n) is 19.6. The number of carbonyl (C=O) groups excluding carboxylic acids is 2. The second kappa shape index (κ2) is 10.6. The molecule has 2 rings (SSSR count). The minimum atomic E-state index is -1.06. The van der Waals surface area contributed by atoms with Gasteiger partial charge in [0.25, 0.3) is 0 Å². The zero-order chi connectivity index (χ0) is 23.3. The van der Waals surface area contributed by atoms with E-state index in [0.717, 1.165) is 22.1 Å². The van der Waals surface area contributed by atoms with Gasteiger partial charge in [-0.2, -0.15) is 0 Å². The first-order valence-corrected chi connectivity index (χ1v) is 10.8. The molecule has 0 spiro atoms. The minimum absolute atomic E-state index is 0.0256. The van der Waals surface area contributed by atoms with E-state index in [2.05, 4.69) is 0 Å². The SMILES string of the molecule is COc1ccc2cc([C@H](C)C(=O)OC[C@@H](O)[C@@H](C)C(=O)N(C(C)C)C(C)C)ccc2c1. The van der Waals surface area contributed by atoms with E-state index in [0.29, 0.717) is 0 Å². The van der Waals surface area contributed by atoms with Crippen LogP contribution in [0.15, 0.2) is 36.4 Å². The van der Waals surface area contributed by atoms with Crippen molar-refractivity contribution in [1.82, 2.24) is 4.90 Å². The van der Waals surface area contributed by atoms with Crippen LogP contribution in [0.4, 0.5) is 0 Å². The molecule has 6 nitrogen and oxygen atoms in total. The molecule has 2 aromatic carbocycles. The fourth-order valence-corrected chi connectivity index (χ4v) is 3.72. The van der Waals surface area contributed by atoms with E-state index < -0.39 is 23.9 Å². The van der Waals surface area contributed by atoms with E-state index >= 15 is 0 Å². The molecule has 2 aromatic rings. The molecule has 0 saturated carbocycles. The summed E-state index contributed by atoms with van der Waals surface area (Å²) in [6, 6.07) is 11.6. The summed E-state index contributed by atoms with van der Waals surface area (Å²) in [6.07, 6.45) is -1.06. The summed E-state index contributed by atoms with van der Waals surface area (Å²) in [6.45, 7) is 11.0. The van der Waals surface area contributed by atoms with E-state index in [1.165, 1.54) is 0 Å². The molecule has 3 atom stereocenters. The number of hydrogen-bond acceptors (Lipinski definition) is 5. The Labute approximate surface area is 185 Å². The lowest BCUT2D eigenvalue weighted by Gasteiger charge is -2.34. The van der Waals surface area contributed by atoms with E-state index in [-0.39, 0.29) is 24.6 Å². The largest absolute Gasteiger partial charge is 0.497 e. The van der Waals surface area contributed by atoms with E-state index in [9.17, 15) is 14.7 Å². The first-order valence-electron chi connectivity index (χ1n) is 10.8. The number of methoxy groups -OCH3 is 1. The fourth-order valence-electron chi connectivity index (χ4n) is 3.72. The highest BCUT2D eigenvalue weighted by molar-refractivity contribution is 5.87. The highest BCUT2D eigenvalue weighted by Crippen LogP contribution is 2.26. The quantitative estimate of drug-likeness (QED) is 0.607. The molecule has 31 heavy (non-hydrogen) atoms. The number of benzene rings is 2. The highest BCUT2D eigenvalue weighted by atomic mass is 16.5. The Balaban J connectivity index is 2.01. The molecule has 1 N–H and O–H groups in total. The minimum Gasteiger partial charge on any atom is -0.497 e. The van der Waals surface area contributed by atoms with Crippen LogP contribution in [-0.2, 0) is 14.3 Å². The molecule has 0 unspecified atom stereocenters. The number of aliphatic hydroxyl groups excluding tert-OH is 1. The molecule has 0 fully saturated rings. The number of nitrogens with zero attached hydrogens (tertiary/aromatic N) is 1. The monoisotopic (exact) mass is 429 g/mol. The van der Waals surface area contributed by atoms with Gasteiger partial charge in [0, 0.05) is 12.1 Å². The molecule has 6 heteroatoms. The number of fused-ring (bicyclic) bond motifs is 1. The van der Waals surface area contributed by atoms with Crippen molar-refractivity contribution in [3.8, 4) is 5.75 Å². The predicted molar refractivity (Wildman–Crippen MR) is 122 cm³/mol.